The summed E-state index contributed by atoms with van der Waals surface area (Å²) < 4.78 is 7.02. The first-order valence-electron chi connectivity index (χ1n) is 14.4. The zero-order valence-corrected chi connectivity index (χ0v) is 25.8. The van der Waals surface area contributed by atoms with E-state index in [1.165, 1.54) is 54.6 Å². The van der Waals surface area contributed by atoms with Gasteiger partial charge in [-0.3, -0.25) is 0 Å². The van der Waals surface area contributed by atoms with Gasteiger partial charge in [-0.1, -0.05) is 177 Å². The van der Waals surface area contributed by atoms with Gasteiger partial charge in [0.15, 0.2) is 0 Å². The van der Waals surface area contributed by atoms with Gasteiger partial charge in [0.2, 0.25) is 0 Å². The second kappa shape index (κ2) is 11.3. The van der Waals surface area contributed by atoms with Gasteiger partial charge >= 0.3 is 0 Å². The molecule has 0 radical (unpaired) electrons. The van der Waals surface area contributed by atoms with E-state index in [4.69, 9.17) is 4.74 Å². The van der Waals surface area contributed by atoms with Crippen molar-refractivity contribution >= 4 is 38.4 Å². The lowest BCUT2D eigenvalue weighted by Gasteiger charge is -2.36. The highest BCUT2D eigenvalue weighted by atomic mass is 31.1. The van der Waals surface area contributed by atoms with Crippen molar-refractivity contribution in [2.45, 2.75) is 19.3 Å². The number of rotatable bonds is 6. The molecule has 2 unspecified atom stereocenters. The van der Waals surface area contributed by atoms with Crippen LogP contribution in [0.5, 0.6) is 11.5 Å². The van der Waals surface area contributed by atoms with E-state index in [0.717, 1.165) is 11.5 Å². The number of benzene rings is 6. The van der Waals surface area contributed by atoms with Crippen molar-refractivity contribution in [3.63, 3.8) is 0 Å². The molecule has 0 aromatic heterocycles. The molecule has 0 fully saturated rings. The minimum absolute atomic E-state index is 0.179. The summed E-state index contributed by atoms with van der Waals surface area (Å²) in [7, 11) is 0.960. The minimum Gasteiger partial charge on any atom is -0.455 e. The van der Waals surface area contributed by atoms with E-state index >= 15 is 0 Å². The molecule has 1 aliphatic heterocycles. The molecule has 7 rings (SSSR count). The molecule has 0 spiro atoms. The molecule has 1 nitrogen and oxygen atoms in total. The number of ether oxygens (including phenoxy) is 1. The van der Waals surface area contributed by atoms with Crippen molar-refractivity contribution in [1.29, 1.82) is 0 Å². The van der Waals surface area contributed by atoms with Crippen LogP contribution in [0.3, 0.4) is 0 Å². The Bertz CT molecular complexity index is 1740. The van der Waals surface area contributed by atoms with Gasteiger partial charge in [-0.15, -0.1) is 0 Å². The van der Waals surface area contributed by atoms with Crippen LogP contribution in [-0.4, -0.2) is 0 Å². The highest BCUT2D eigenvalue weighted by Gasteiger charge is 2.36. The van der Waals surface area contributed by atoms with Crippen LogP contribution >= 0.6 is 17.2 Å². The van der Waals surface area contributed by atoms with Crippen LogP contribution in [0.4, 0.5) is 0 Å². The Balaban J connectivity index is 1.29. The average molecular weight is 579 g/mol. The van der Waals surface area contributed by atoms with Gasteiger partial charge in [0.05, 0.1) is 0 Å². The number of hydrogen-bond acceptors (Lipinski definition) is 1. The van der Waals surface area contributed by atoms with E-state index in [1.54, 1.807) is 0 Å². The van der Waals surface area contributed by atoms with Gasteiger partial charge in [0, 0.05) is 27.2 Å². The van der Waals surface area contributed by atoms with Crippen molar-refractivity contribution in [2.75, 3.05) is 0 Å². The van der Waals surface area contributed by atoms with E-state index < -0.39 is 0 Å². The summed E-state index contributed by atoms with van der Waals surface area (Å²) in [4.78, 5) is 0. The van der Waals surface area contributed by atoms with Crippen LogP contribution in [-0.2, 0) is 5.41 Å². The lowest BCUT2D eigenvalue weighted by atomic mass is 9.76. The summed E-state index contributed by atoms with van der Waals surface area (Å²) >= 11 is 0. The fourth-order valence-corrected chi connectivity index (χ4v) is 8.56. The summed E-state index contributed by atoms with van der Waals surface area (Å²) in [5.41, 5.74) is 7.38. The molecule has 0 N–H and O–H groups in total. The third-order valence-corrected chi connectivity index (χ3v) is 10.9. The van der Waals surface area contributed by atoms with Gasteiger partial charge in [0.1, 0.15) is 11.5 Å². The molecule has 1 aliphatic rings. The Hall–Kier alpha value is -4.02. The van der Waals surface area contributed by atoms with Crippen LogP contribution in [0, 0.1) is 0 Å². The minimum atomic E-state index is -0.179. The molecule has 0 aliphatic carbocycles. The monoisotopic (exact) mass is 578 g/mol. The number of hydrogen-bond donors (Lipinski definition) is 0. The fourth-order valence-electron chi connectivity index (χ4n) is 5.94. The fraction of sp³-hybridized carbons (Fsp3) is 0.0769. The van der Waals surface area contributed by atoms with Crippen molar-refractivity contribution in [2.24, 2.45) is 0 Å². The zero-order chi connectivity index (χ0) is 28.5. The van der Waals surface area contributed by atoms with Gasteiger partial charge in [-0.25, -0.2) is 0 Å². The van der Waals surface area contributed by atoms with Crippen molar-refractivity contribution in [3.8, 4) is 33.8 Å². The van der Waals surface area contributed by atoms with Crippen molar-refractivity contribution in [3.05, 3.63) is 157 Å². The lowest BCUT2D eigenvalue weighted by Crippen LogP contribution is -2.29. The second-order valence-electron chi connectivity index (χ2n) is 11.2. The van der Waals surface area contributed by atoms with Gasteiger partial charge in [-0.05, 0) is 32.9 Å². The number of fused-ring (bicyclic) bond motifs is 2. The first kappa shape index (κ1) is 26.9. The predicted molar refractivity (Wildman–Crippen MR) is 184 cm³/mol. The average Bonchev–Trinajstić information content (AvgIpc) is 3.03. The van der Waals surface area contributed by atoms with Crippen molar-refractivity contribution < 1.29 is 4.74 Å². The quantitative estimate of drug-likeness (QED) is 0.180. The first-order chi connectivity index (χ1) is 20.6. The molecule has 0 amide bonds. The summed E-state index contributed by atoms with van der Waals surface area (Å²) in [6, 6.07) is 52.3. The SMILES string of the molecule is CC1(C)c2cccc(Pc3ccccc3-c3ccccc3)c2Oc2c(Pc3ccccc3-c3ccccc3)cccc21. The van der Waals surface area contributed by atoms with Crippen LogP contribution in [0.1, 0.15) is 25.0 Å². The standard InChI is InChI=1S/C39H32OP2/c1-39(2)31-21-13-25-35(41-33-23-11-9-19-29(33)27-15-5-3-6-16-27)37(31)40-38-32(39)22-14-26-36(38)42-34-24-12-10-20-30(34)28-17-7-4-8-18-28/h3-26,41-42H,1-2H3. The Labute approximate surface area is 252 Å². The molecule has 204 valence electrons. The molecule has 0 bridgehead atoms. The summed E-state index contributed by atoms with van der Waals surface area (Å²) in [6.07, 6.45) is 0. The maximum atomic E-state index is 7.02. The maximum absolute atomic E-state index is 7.02. The van der Waals surface area contributed by atoms with Gasteiger partial charge in [0.25, 0.3) is 0 Å². The Morgan fingerprint density at radius 2 is 0.786 bits per heavy atom. The molecule has 6 aromatic rings. The molecule has 1 heterocycles. The zero-order valence-electron chi connectivity index (χ0n) is 23.8. The molecular weight excluding hydrogens is 546 g/mol. The first-order valence-corrected chi connectivity index (χ1v) is 16.4. The van der Waals surface area contributed by atoms with E-state index in [1.807, 2.05) is 0 Å². The summed E-state index contributed by atoms with van der Waals surface area (Å²) in [5, 5.41) is 5.15. The van der Waals surface area contributed by atoms with E-state index in [0.29, 0.717) is 17.2 Å². The highest BCUT2D eigenvalue weighted by Crippen LogP contribution is 2.48. The molecular formula is C39H32OP2. The largest absolute Gasteiger partial charge is 0.455 e. The summed E-state index contributed by atoms with van der Waals surface area (Å²) in [6.45, 7) is 4.67. The van der Waals surface area contributed by atoms with Gasteiger partial charge in [-0.2, -0.15) is 0 Å². The van der Waals surface area contributed by atoms with Crippen LogP contribution < -0.4 is 26.0 Å². The molecule has 3 heteroatoms. The Morgan fingerprint density at radius 1 is 0.405 bits per heavy atom. The lowest BCUT2D eigenvalue weighted by molar-refractivity contribution is 0.425. The third kappa shape index (κ3) is 4.98. The summed E-state index contributed by atoms with van der Waals surface area (Å²) in [5.74, 6) is 2.04. The van der Waals surface area contributed by atoms with E-state index in [9.17, 15) is 0 Å². The van der Waals surface area contributed by atoms with Gasteiger partial charge < -0.3 is 4.74 Å². The normalized spacial score (nSPS) is 13.7. The molecule has 6 aromatic carbocycles. The predicted octanol–water partition coefficient (Wildman–Crippen LogP) is 8.71. The van der Waals surface area contributed by atoms with Crippen molar-refractivity contribution in [1.82, 2.24) is 0 Å². The topological polar surface area (TPSA) is 9.23 Å². The number of para-hydroxylation sites is 2. The third-order valence-electron chi connectivity index (χ3n) is 8.14. The van der Waals surface area contributed by atoms with E-state index in [2.05, 4.69) is 159 Å². The molecule has 2 atom stereocenters. The molecule has 0 saturated heterocycles. The van der Waals surface area contributed by atoms with Crippen LogP contribution in [0.25, 0.3) is 22.3 Å². The smallest absolute Gasteiger partial charge is 0.139 e. The highest BCUT2D eigenvalue weighted by molar-refractivity contribution is 7.56. The molecule has 42 heavy (non-hydrogen) atoms. The Morgan fingerprint density at radius 3 is 1.24 bits per heavy atom. The maximum Gasteiger partial charge on any atom is 0.139 e. The molecule has 0 saturated carbocycles. The second-order valence-corrected chi connectivity index (χ2v) is 13.8. The Kier molecular flexibility index (Phi) is 7.25. The van der Waals surface area contributed by atoms with E-state index in [-0.39, 0.29) is 5.41 Å². The van der Waals surface area contributed by atoms with Crippen LogP contribution in [0.15, 0.2) is 146 Å². The van der Waals surface area contributed by atoms with Crippen LogP contribution in [0.2, 0.25) is 0 Å².